The molecule has 1 N–H and O–H groups in total. The maximum Gasteiger partial charge on any atom is 0.305 e. The molecule has 0 aromatic heterocycles. The van der Waals surface area contributed by atoms with Crippen LogP contribution in [-0.2, 0) is 22.6 Å². The van der Waals surface area contributed by atoms with E-state index < -0.39 is 0 Å². The highest BCUT2D eigenvalue weighted by Crippen LogP contribution is 2.09. The molecule has 1 rings (SSSR count). The molecule has 0 spiro atoms. The van der Waals surface area contributed by atoms with Crippen molar-refractivity contribution in [3.63, 3.8) is 0 Å². The summed E-state index contributed by atoms with van der Waals surface area (Å²) in [7, 11) is 0. The number of carbonyl (C=O) groups excluding carboxylic acids is 1. The Morgan fingerprint density at radius 1 is 1.38 bits per heavy atom. The maximum atomic E-state index is 11.1. The largest absolute Gasteiger partial charge is 0.466 e. The van der Waals surface area contributed by atoms with Gasteiger partial charge in [-0.1, -0.05) is 24.3 Å². The van der Waals surface area contributed by atoms with Gasteiger partial charge in [0.25, 0.3) is 0 Å². The molecule has 0 unspecified atom stereocenters. The normalized spacial score (nSPS) is 10.1. The fourth-order valence-corrected chi connectivity index (χ4v) is 1.55. The quantitative estimate of drug-likeness (QED) is 0.749. The summed E-state index contributed by atoms with van der Waals surface area (Å²) in [5.41, 5.74) is 2.06. The Balaban J connectivity index is 2.34. The fraction of sp³-hybridized carbons (Fsp3) is 0.462. The van der Waals surface area contributed by atoms with Crippen LogP contribution in [0.1, 0.15) is 30.9 Å². The summed E-state index contributed by atoms with van der Waals surface area (Å²) in [4.78, 5) is 11.1. The number of aliphatic hydroxyl groups excluding tert-OH is 1. The van der Waals surface area contributed by atoms with E-state index in [1.807, 2.05) is 31.2 Å². The average molecular weight is 222 g/mol. The number of ether oxygens (including phenoxy) is 1. The minimum absolute atomic E-state index is 0.0612. The van der Waals surface area contributed by atoms with E-state index in [9.17, 15) is 4.79 Å². The van der Waals surface area contributed by atoms with E-state index in [2.05, 4.69) is 0 Å². The third-order valence-corrected chi connectivity index (χ3v) is 2.33. The van der Waals surface area contributed by atoms with Crippen molar-refractivity contribution in [1.29, 1.82) is 0 Å². The molecule has 1 aromatic carbocycles. The highest BCUT2D eigenvalue weighted by Gasteiger charge is 2.02. The first-order valence-electron chi connectivity index (χ1n) is 5.60. The minimum Gasteiger partial charge on any atom is -0.466 e. The molecular weight excluding hydrogens is 204 g/mol. The lowest BCUT2D eigenvalue weighted by molar-refractivity contribution is -0.143. The third kappa shape index (κ3) is 4.45. The summed E-state index contributed by atoms with van der Waals surface area (Å²) < 4.78 is 4.85. The van der Waals surface area contributed by atoms with Gasteiger partial charge in [-0.2, -0.15) is 0 Å². The first kappa shape index (κ1) is 12.7. The van der Waals surface area contributed by atoms with Gasteiger partial charge < -0.3 is 9.84 Å². The number of aryl methyl sites for hydroxylation is 1. The molecule has 0 aliphatic carbocycles. The standard InChI is InChI=1S/C13H18O3/c1-2-16-13(15)8-4-6-11-5-3-7-12(9-11)10-14/h3,5,7,9,14H,2,4,6,8,10H2,1H3. The second-order valence-electron chi connectivity index (χ2n) is 3.64. The second-order valence-corrected chi connectivity index (χ2v) is 3.64. The zero-order valence-corrected chi connectivity index (χ0v) is 9.61. The van der Waals surface area contributed by atoms with Crippen LogP contribution >= 0.6 is 0 Å². The molecule has 0 fully saturated rings. The van der Waals surface area contributed by atoms with Crippen LogP contribution in [0, 0.1) is 0 Å². The van der Waals surface area contributed by atoms with Gasteiger partial charge in [-0.15, -0.1) is 0 Å². The Morgan fingerprint density at radius 3 is 2.81 bits per heavy atom. The van der Waals surface area contributed by atoms with Crippen molar-refractivity contribution in [2.75, 3.05) is 6.61 Å². The first-order chi connectivity index (χ1) is 7.76. The van der Waals surface area contributed by atoms with Gasteiger partial charge in [-0.3, -0.25) is 4.79 Å². The average Bonchev–Trinajstić information content (AvgIpc) is 2.30. The van der Waals surface area contributed by atoms with Gasteiger partial charge in [0.15, 0.2) is 0 Å². The maximum absolute atomic E-state index is 11.1. The minimum atomic E-state index is -0.138. The SMILES string of the molecule is CCOC(=O)CCCc1cccc(CO)c1. The molecule has 0 amide bonds. The summed E-state index contributed by atoms with van der Waals surface area (Å²) in [6.45, 7) is 2.31. The lowest BCUT2D eigenvalue weighted by atomic mass is 10.1. The summed E-state index contributed by atoms with van der Waals surface area (Å²) in [6, 6.07) is 7.77. The number of hydrogen-bond acceptors (Lipinski definition) is 3. The monoisotopic (exact) mass is 222 g/mol. The van der Waals surface area contributed by atoms with Crippen LogP contribution in [-0.4, -0.2) is 17.7 Å². The summed E-state index contributed by atoms with van der Waals surface area (Å²) >= 11 is 0. The number of hydrogen-bond donors (Lipinski definition) is 1. The van der Waals surface area contributed by atoms with Crippen molar-refractivity contribution in [3.05, 3.63) is 35.4 Å². The molecule has 0 radical (unpaired) electrons. The van der Waals surface area contributed by atoms with Gasteiger partial charge in [0.2, 0.25) is 0 Å². The van der Waals surface area contributed by atoms with E-state index in [0.29, 0.717) is 13.0 Å². The predicted molar refractivity (Wildman–Crippen MR) is 61.9 cm³/mol. The van der Waals surface area contributed by atoms with Crippen LogP contribution in [0.3, 0.4) is 0 Å². The highest BCUT2D eigenvalue weighted by atomic mass is 16.5. The zero-order chi connectivity index (χ0) is 11.8. The van der Waals surface area contributed by atoms with Crippen molar-refractivity contribution >= 4 is 5.97 Å². The Kier molecular flexibility index (Phi) is 5.57. The van der Waals surface area contributed by atoms with Gasteiger partial charge in [0, 0.05) is 6.42 Å². The van der Waals surface area contributed by atoms with E-state index in [0.717, 1.165) is 24.0 Å². The van der Waals surface area contributed by atoms with Crippen LogP contribution in [0.4, 0.5) is 0 Å². The van der Waals surface area contributed by atoms with Gasteiger partial charge in [0.1, 0.15) is 0 Å². The Hall–Kier alpha value is -1.35. The zero-order valence-electron chi connectivity index (χ0n) is 9.61. The van der Waals surface area contributed by atoms with E-state index in [1.165, 1.54) is 0 Å². The van der Waals surface area contributed by atoms with Crippen LogP contribution in [0.2, 0.25) is 0 Å². The van der Waals surface area contributed by atoms with Gasteiger partial charge in [-0.25, -0.2) is 0 Å². The van der Waals surface area contributed by atoms with Crippen molar-refractivity contribution in [3.8, 4) is 0 Å². The number of benzene rings is 1. The molecule has 0 aliphatic rings. The van der Waals surface area contributed by atoms with E-state index in [4.69, 9.17) is 9.84 Å². The number of aliphatic hydroxyl groups is 1. The van der Waals surface area contributed by atoms with Gasteiger partial charge in [0.05, 0.1) is 13.2 Å². The highest BCUT2D eigenvalue weighted by molar-refractivity contribution is 5.69. The molecular formula is C13H18O3. The van der Waals surface area contributed by atoms with Crippen LogP contribution in [0.25, 0.3) is 0 Å². The third-order valence-electron chi connectivity index (χ3n) is 2.33. The van der Waals surface area contributed by atoms with Crippen molar-refractivity contribution < 1.29 is 14.6 Å². The lowest BCUT2D eigenvalue weighted by Crippen LogP contribution is -2.04. The summed E-state index contributed by atoms with van der Waals surface area (Å²) in [5.74, 6) is -0.138. The van der Waals surface area contributed by atoms with E-state index >= 15 is 0 Å². The van der Waals surface area contributed by atoms with Gasteiger partial charge >= 0.3 is 5.97 Å². The van der Waals surface area contributed by atoms with Crippen molar-refractivity contribution in [2.24, 2.45) is 0 Å². The smallest absolute Gasteiger partial charge is 0.305 e. The summed E-state index contributed by atoms with van der Waals surface area (Å²) in [6.07, 6.45) is 2.08. The molecule has 0 atom stereocenters. The Morgan fingerprint density at radius 2 is 2.12 bits per heavy atom. The molecule has 3 nitrogen and oxygen atoms in total. The second kappa shape index (κ2) is 7.01. The molecule has 3 heteroatoms. The molecule has 0 saturated carbocycles. The van der Waals surface area contributed by atoms with Crippen molar-refractivity contribution in [1.82, 2.24) is 0 Å². The fourth-order valence-electron chi connectivity index (χ4n) is 1.55. The van der Waals surface area contributed by atoms with E-state index in [-0.39, 0.29) is 12.6 Å². The number of carbonyl (C=O) groups is 1. The molecule has 0 aliphatic heterocycles. The number of rotatable bonds is 6. The van der Waals surface area contributed by atoms with Gasteiger partial charge in [-0.05, 0) is 30.9 Å². The number of esters is 1. The van der Waals surface area contributed by atoms with E-state index in [1.54, 1.807) is 0 Å². The Labute approximate surface area is 96.1 Å². The molecule has 0 saturated heterocycles. The lowest BCUT2D eigenvalue weighted by Gasteiger charge is -2.03. The first-order valence-corrected chi connectivity index (χ1v) is 5.60. The molecule has 16 heavy (non-hydrogen) atoms. The molecule has 0 heterocycles. The van der Waals surface area contributed by atoms with Crippen LogP contribution in [0.5, 0.6) is 0 Å². The summed E-state index contributed by atoms with van der Waals surface area (Å²) in [5, 5.41) is 8.97. The predicted octanol–water partition coefficient (Wildman–Crippen LogP) is 2.06. The molecule has 88 valence electrons. The Bertz CT molecular complexity index is 334. The topological polar surface area (TPSA) is 46.5 Å². The molecule has 0 bridgehead atoms. The molecule has 1 aromatic rings. The van der Waals surface area contributed by atoms with Crippen LogP contribution < -0.4 is 0 Å². The van der Waals surface area contributed by atoms with Crippen LogP contribution in [0.15, 0.2) is 24.3 Å². The van der Waals surface area contributed by atoms with Crippen molar-refractivity contribution in [2.45, 2.75) is 32.8 Å².